The van der Waals surface area contributed by atoms with E-state index in [2.05, 4.69) is 10.1 Å². The molecule has 5 nitrogen and oxygen atoms in total. The van der Waals surface area contributed by atoms with Crippen LogP contribution in [-0.2, 0) is 19.1 Å². The molecule has 0 bridgehead atoms. The Bertz CT molecular complexity index is 308. The first-order valence-corrected chi connectivity index (χ1v) is 6.03. The predicted octanol–water partition coefficient (Wildman–Crippen LogP) is 0.817. The number of hydrogen-bond acceptors (Lipinski definition) is 4. The first-order chi connectivity index (χ1) is 8.49. The van der Waals surface area contributed by atoms with Gasteiger partial charge in [-0.25, -0.2) is 4.39 Å². The summed E-state index contributed by atoms with van der Waals surface area (Å²) < 4.78 is 22.8. The summed E-state index contributed by atoms with van der Waals surface area (Å²) in [5, 5.41) is 2.72. The number of amides is 1. The molecule has 1 amide bonds. The lowest BCUT2D eigenvalue weighted by Crippen LogP contribution is -2.35. The van der Waals surface area contributed by atoms with Crippen molar-refractivity contribution in [2.45, 2.75) is 44.5 Å². The Kier molecular flexibility index (Phi) is 5.53. The molecule has 1 N–H and O–H groups in total. The molecule has 0 saturated carbocycles. The predicted molar refractivity (Wildman–Crippen MR) is 62.7 cm³/mol. The Labute approximate surface area is 106 Å². The third-order valence-corrected chi connectivity index (χ3v) is 3.32. The van der Waals surface area contributed by atoms with E-state index >= 15 is 0 Å². The zero-order valence-electron chi connectivity index (χ0n) is 10.9. The van der Waals surface area contributed by atoms with Crippen molar-refractivity contribution in [2.75, 3.05) is 14.2 Å². The van der Waals surface area contributed by atoms with Gasteiger partial charge in [-0.05, 0) is 19.8 Å². The lowest BCUT2D eigenvalue weighted by atomic mass is 9.95. The van der Waals surface area contributed by atoms with Crippen molar-refractivity contribution in [3.05, 3.63) is 0 Å². The molecule has 1 aliphatic rings. The third-order valence-electron chi connectivity index (χ3n) is 3.32. The fourth-order valence-corrected chi connectivity index (χ4v) is 2.26. The van der Waals surface area contributed by atoms with E-state index in [0.717, 1.165) is 0 Å². The van der Waals surface area contributed by atoms with E-state index in [1.807, 2.05) is 0 Å². The van der Waals surface area contributed by atoms with Crippen molar-refractivity contribution in [3.8, 4) is 0 Å². The van der Waals surface area contributed by atoms with Gasteiger partial charge in [-0.2, -0.15) is 0 Å². The lowest BCUT2D eigenvalue weighted by molar-refractivity contribution is -0.146. The summed E-state index contributed by atoms with van der Waals surface area (Å²) in [6.07, 6.45) is -0.505. The number of methoxy groups -OCH3 is 2. The van der Waals surface area contributed by atoms with Crippen LogP contribution in [0.25, 0.3) is 0 Å². The second-order valence-corrected chi connectivity index (χ2v) is 4.54. The molecule has 0 aromatic heterocycles. The Hall–Kier alpha value is -1.17. The highest BCUT2D eigenvalue weighted by Gasteiger charge is 2.38. The van der Waals surface area contributed by atoms with Crippen molar-refractivity contribution in [1.82, 2.24) is 5.32 Å². The summed E-state index contributed by atoms with van der Waals surface area (Å²) >= 11 is 0. The number of halogens is 1. The van der Waals surface area contributed by atoms with E-state index in [4.69, 9.17) is 4.74 Å². The lowest BCUT2D eigenvalue weighted by Gasteiger charge is -2.21. The van der Waals surface area contributed by atoms with Crippen LogP contribution < -0.4 is 5.32 Å². The zero-order valence-corrected chi connectivity index (χ0v) is 10.9. The van der Waals surface area contributed by atoms with Gasteiger partial charge in [0.15, 0.2) is 0 Å². The number of ether oxygens (including phenoxy) is 2. The van der Waals surface area contributed by atoms with Crippen LogP contribution in [0.2, 0.25) is 0 Å². The molecule has 0 radical (unpaired) electrons. The summed E-state index contributed by atoms with van der Waals surface area (Å²) in [6.45, 7) is 1.43. The molecule has 1 saturated heterocycles. The molecule has 0 spiro atoms. The molecule has 0 aliphatic carbocycles. The van der Waals surface area contributed by atoms with Gasteiger partial charge in [-0.1, -0.05) is 0 Å². The van der Waals surface area contributed by atoms with Crippen LogP contribution in [-0.4, -0.2) is 44.4 Å². The molecule has 104 valence electrons. The maximum Gasteiger partial charge on any atom is 0.311 e. The van der Waals surface area contributed by atoms with Crippen LogP contribution in [0.3, 0.4) is 0 Å². The van der Waals surface area contributed by atoms with Crippen LogP contribution >= 0.6 is 0 Å². The molecule has 3 unspecified atom stereocenters. The van der Waals surface area contributed by atoms with Gasteiger partial charge in [-0.15, -0.1) is 0 Å². The fourth-order valence-electron chi connectivity index (χ4n) is 2.26. The minimum absolute atomic E-state index is 0.139. The average Bonchev–Trinajstić information content (AvgIpc) is 2.70. The monoisotopic (exact) mass is 261 g/mol. The highest BCUT2D eigenvalue weighted by Crippen LogP contribution is 2.23. The van der Waals surface area contributed by atoms with Crippen LogP contribution in [0, 0.1) is 5.92 Å². The molecule has 1 fully saturated rings. The van der Waals surface area contributed by atoms with Crippen LogP contribution in [0.5, 0.6) is 0 Å². The number of esters is 1. The van der Waals surface area contributed by atoms with E-state index in [-0.39, 0.29) is 18.4 Å². The summed E-state index contributed by atoms with van der Waals surface area (Å²) in [5.74, 6) is -1.05. The van der Waals surface area contributed by atoms with Gasteiger partial charge in [0, 0.05) is 19.6 Å². The SMILES string of the molecule is COC(=O)C1CC(=O)NC1CCC(OC)[C@@H](C)F. The van der Waals surface area contributed by atoms with E-state index in [1.54, 1.807) is 0 Å². The molecule has 1 aliphatic heterocycles. The van der Waals surface area contributed by atoms with Crippen molar-refractivity contribution >= 4 is 11.9 Å². The average molecular weight is 261 g/mol. The largest absolute Gasteiger partial charge is 0.469 e. The molecule has 6 heteroatoms. The standard InChI is InChI=1S/C12H20FNO4/c1-7(13)10(17-2)5-4-9-8(12(16)18-3)6-11(15)14-9/h7-10H,4-6H2,1-3H3,(H,14,15)/t7-,8?,9?,10?/m1/s1. The normalized spacial score (nSPS) is 26.6. The topological polar surface area (TPSA) is 64.6 Å². The summed E-state index contributed by atoms with van der Waals surface area (Å²) in [4.78, 5) is 22.8. The van der Waals surface area contributed by atoms with Gasteiger partial charge in [0.2, 0.25) is 5.91 Å². The number of alkyl halides is 1. The van der Waals surface area contributed by atoms with Crippen LogP contribution in [0.15, 0.2) is 0 Å². The van der Waals surface area contributed by atoms with Crippen molar-refractivity contribution in [1.29, 1.82) is 0 Å². The van der Waals surface area contributed by atoms with E-state index < -0.39 is 24.2 Å². The van der Waals surface area contributed by atoms with E-state index in [0.29, 0.717) is 12.8 Å². The van der Waals surface area contributed by atoms with Gasteiger partial charge < -0.3 is 14.8 Å². The van der Waals surface area contributed by atoms with E-state index in [1.165, 1.54) is 21.1 Å². The number of carbonyl (C=O) groups is 2. The van der Waals surface area contributed by atoms with E-state index in [9.17, 15) is 14.0 Å². The Morgan fingerprint density at radius 1 is 1.56 bits per heavy atom. The zero-order chi connectivity index (χ0) is 13.7. The number of nitrogens with one attached hydrogen (secondary N) is 1. The Morgan fingerprint density at radius 2 is 2.22 bits per heavy atom. The first-order valence-electron chi connectivity index (χ1n) is 6.03. The minimum Gasteiger partial charge on any atom is -0.469 e. The van der Waals surface area contributed by atoms with Crippen molar-refractivity contribution in [2.24, 2.45) is 5.92 Å². The maximum absolute atomic E-state index is 13.1. The highest BCUT2D eigenvalue weighted by molar-refractivity contribution is 5.87. The highest BCUT2D eigenvalue weighted by atomic mass is 19.1. The molecule has 1 rings (SSSR count). The molecule has 18 heavy (non-hydrogen) atoms. The van der Waals surface area contributed by atoms with Crippen molar-refractivity contribution < 1.29 is 23.5 Å². The maximum atomic E-state index is 13.1. The van der Waals surface area contributed by atoms with Gasteiger partial charge >= 0.3 is 5.97 Å². The van der Waals surface area contributed by atoms with Crippen LogP contribution in [0.1, 0.15) is 26.2 Å². The molecule has 0 aromatic carbocycles. The second kappa shape index (κ2) is 6.68. The minimum atomic E-state index is -1.08. The first kappa shape index (κ1) is 14.9. The third kappa shape index (κ3) is 3.66. The number of carbonyl (C=O) groups excluding carboxylic acids is 2. The van der Waals surface area contributed by atoms with Crippen molar-refractivity contribution in [3.63, 3.8) is 0 Å². The van der Waals surface area contributed by atoms with Gasteiger partial charge in [0.05, 0.1) is 19.1 Å². The number of rotatable bonds is 6. The second-order valence-electron chi connectivity index (χ2n) is 4.54. The quantitative estimate of drug-likeness (QED) is 0.719. The summed E-state index contributed by atoms with van der Waals surface area (Å²) in [5.41, 5.74) is 0. The molecular weight excluding hydrogens is 241 g/mol. The van der Waals surface area contributed by atoms with Gasteiger partial charge in [0.25, 0.3) is 0 Å². The van der Waals surface area contributed by atoms with Gasteiger partial charge in [0.1, 0.15) is 6.17 Å². The fraction of sp³-hybridized carbons (Fsp3) is 0.833. The molecule has 1 heterocycles. The smallest absolute Gasteiger partial charge is 0.311 e. The molecule has 4 atom stereocenters. The summed E-state index contributed by atoms with van der Waals surface area (Å²) in [6, 6.07) is -0.290. The van der Waals surface area contributed by atoms with Crippen LogP contribution in [0.4, 0.5) is 4.39 Å². The Balaban J connectivity index is 2.53. The molecular formula is C12H20FNO4. The van der Waals surface area contributed by atoms with Gasteiger partial charge in [-0.3, -0.25) is 9.59 Å². The number of hydrogen-bond donors (Lipinski definition) is 1. The molecule has 0 aromatic rings. The summed E-state index contributed by atoms with van der Waals surface area (Å²) in [7, 11) is 2.75. The Morgan fingerprint density at radius 3 is 2.72 bits per heavy atom.